The van der Waals surface area contributed by atoms with Crippen LogP contribution in [0.2, 0.25) is 5.02 Å². The Balaban J connectivity index is 1.69. The molecule has 0 spiro atoms. The molecule has 130 valence electrons. The van der Waals surface area contributed by atoms with Gasteiger partial charge in [-0.1, -0.05) is 29.8 Å². The van der Waals surface area contributed by atoms with Crippen LogP contribution < -0.4 is 10.2 Å². The number of carbonyl (C=O) groups excluding carboxylic acids is 3. The Morgan fingerprint density at radius 2 is 1.96 bits per heavy atom. The van der Waals surface area contributed by atoms with E-state index in [1.165, 1.54) is 11.3 Å². The van der Waals surface area contributed by atoms with Crippen molar-refractivity contribution >= 4 is 52.3 Å². The summed E-state index contributed by atoms with van der Waals surface area (Å²) in [7, 11) is 0. The minimum Gasteiger partial charge on any atom is -0.352 e. The molecule has 2 saturated heterocycles. The van der Waals surface area contributed by atoms with Gasteiger partial charge in [0.2, 0.25) is 11.8 Å². The number of thiophene rings is 1. The van der Waals surface area contributed by atoms with Crippen LogP contribution in [0, 0.1) is 11.8 Å². The highest BCUT2D eigenvalue weighted by molar-refractivity contribution is 7.12. The van der Waals surface area contributed by atoms with Gasteiger partial charge in [0.1, 0.15) is 6.04 Å². The van der Waals surface area contributed by atoms with Crippen LogP contribution in [0.4, 0.5) is 5.69 Å². The molecule has 4 heterocycles. The number of nitrogens with one attached hydrogen (secondary N) is 1. The summed E-state index contributed by atoms with van der Waals surface area (Å²) in [4.78, 5) is 40.7. The van der Waals surface area contributed by atoms with Crippen molar-refractivity contribution in [1.82, 2.24) is 5.32 Å². The summed E-state index contributed by atoms with van der Waals surface area (Å²) in [5.74, 6) is -2.05. The number of anilines is 1. The molecule has 5 rings (SSSR count). The topological polar surface area (TPSA) is 66.5 Å². The van der Waals surface area contributed by atoms with Gasteiger partial charge in [0, 0.05) is 10.7 Å². The lowest BCUT2D eigenvalue weighted by atomic mass is 9.87. The molecule has 4 atom stereocenters. The van der Waals surface area contributed by atoms with Crippen molar-refractivity contribution in [3.8, 4) is 0 Å². The number of fused-ring (bicyclic) bond motifs is 5. The quantitative estimate of drug-likeness (QED) is 0.638. The van der Waals surface area contributed by atoms with Crippen LogP contribution in [0.3, 0.4) is 0 Å². The summed E-state index contributed by atoms with van der Waals surface area (Å²) >= 11 is 7.45. The van der Waals surface area contributed by atoms with E-state index in [1.807, 2.05) is 40.6 Å². The second-order valence-electron chi connectivity index (χ2n) is 6.65. The predicted molar refractivity (Wildman–Crippen MR) is 99.3 cm³/mol. The third-order valence-corrected chi connectivity index (χ3v) is 6.46. The molecule has 3 aliphatic heterocycles. The highest BCUT2D eigenvalue weighted by Crippen LogP contribution is 2.47. The van der Waals surface area contributed by atoms with E-state index in [-0.39, 0.29) is 23.6 Å². The van der Waals surface area contributed by atoms with E-state index in [1.54, 1.807) is 12.1 Å². The lowest BCUT2D eigenvalue weighted by molar-refractivity contribution is -0.126. The van der Waals surface area contributed by atoms with E-state index >= 15 is 0 Å². The van der Waals surface area contributed by atoms with E-state index < -0.39 is 17.9 Å². The van der Waals surface area contributed by atoms with Crippen LogP contribution in [0.15, 0.2) is 41.8 Å². The highest BCUT2D eigenvalue weighted by Gasteiger charge is 2.61. The Bertz CT molecular complexity index is 985. The van der Waals surface area contributed by atoms with E-state index in [9.17, 15) is 14.4 Å². The molecule has 2 amide bonds. The molecule has 7 heteroatoms. The number of carbonyl (C=O) groups is 3. The molecule has 5 nitrogen and oxygen atoms in total. The lowest BCUT2D eigenvalue weighted by Crippen LogP contribution is -2.47. The molecule has 3 aliphatic rings. The van der Waals surface area contributed by atoms with Gasteiger partial charge < -0.3 is 4.90 Å². The predicted octanol–water partition coefficient (Wildman–Crippen LogP) is 2.76. The third-order valence-electron chi connectivity index (χ3n) is 5.34. The van der Waals surface area contributed by atoms with Crippen molar-refractivity contribution in [3.05, 3.63) is 57.3 Å². The third kappa shape index (κ3) is 2.06. The summed E-state index contributed by atoms with van der Waals surface area (Å²) in [6.45, 7) is 0. The van der Waals surface area contributed by atoms with E-state index in [0.717, 1.165) is 11.3 Å². The summed E-state index contributed by atoms with van der Waals surface area (Å²) in [5, 5.41) is 4.84. The molecule has 1 aromatic heterocycles. The zero-order valence-electron chi connectivity index (χ0n) is 13.4. The van der Waals surface area contributed by atoms with Gasteiger partial charge in [-0.2, -0.15) is 0 Å². The average molecular weight is 385 g/mol. The number of rotatable bonds is 2. The summed E-state index contributed by atoms with van der Waals surface area (Å²) in [6, 6.07) is 7.98. The molecule has 1 aromatic carbocycles. The van der Waals surface area contributed by atoms with Crippen LogP contribution >= 0.6 is 22.9 Å². The summed E-state index contributed by atoms with van der Waals surface area (Å²) in [6.07, 6.45) is 3.81. The Hall–Kier alpha value is -2.44. The van der Waals surface area contributed by atoms with Crippen molar-refractivity contribution in [2.45, 2.75) is 12.1 Å². The first-order valence-corrected chi connectivity index (χ1v) is 9.50. The fourth-order valence-electron chi connectivity index (χ4n) is 4.33. The average Bonchev–Trinajstić information content (AvgIpc) is 3.31. The van der Waals surface area contributed by atoms with Crippen LogP contribution in [0.25, 0.3) is 6.08 Å². The first-order valence-electron chi connectivity index (χ1n) is 8.25. The van der Waals surface area contributed by atoms with Crippen molar-refractivity contribution in [1.29, 1.82) is 0 Å². The molecular formula is C19H13ClN2O3S. The summed E-state index contributed by atoms with van der Waals surface area (Å²) in [5.41, 5.74) is 1.71. The number of Topliss-reactive ketones (excluding diaryl/α,β-unsaturated/α-hetero) is 1. The minimum atomic E-state index is -0.708. The molecule has 0 saturated carbocycles. The van der Waals surface area contributed by atoms with Gasteiger partial charge in [0.05, 0.1) is 22.8 Å². The fourth-order valence-corrected chi connectivity index (χ4v) is 5.20. The van der Waals surface area contributed by atoms with Crippen LogP contribution in [0.5, 0.6) is 0 Å². The zero-order chi connectivity index (χ0) is 18.0. The Kier molecular flexibility index (Phi) is 3.36. The Morgan fingerprint density at radius 3 is 2.73 bits per heavy atom. The second-order valence-corrected chi connectivity index (χ2v) is 8.04. The first-order chi connectivity index (χ1) is 12.6. The minimum absolute atomic E-state index is 0.126. The molecular weight excluding hydrogens is 372 g/mol. The van der Waals surface area contributed by atoms with Crippen molar-refractivity contribution in [3.63, 3.8) is 0 Å². The van der Waals surface area contributed by atoms with E-state index in [0.29, 0.717) is 9.90 Å². The highest BCUT2D eigenvalue weighted by atomic mass is 35.5. The van der Waals surface area contributed by atoms with E-state index in [4.69, 9.17) is 11.6 Å². The summed E-state index contributed by atoms with van der Waals surface area (Å²) < 4.78 is 0. The number of hydrogen-bond acceptors (Lipinski definition) is 5. The van der Waals surface area contributed by atoms with Crippen molar-refractivity contribution < 1.29 is 14.4 Å². The molecule has 0 unspecified atom stereocenters. The fraction of sp³-hybridized carbons (Fsp3) is 0.211. The molecule has 0 bridgehead atoms. The Morgan fingerprint density at radius 1 is 1.15 bits per heavy atom. The molecule has 26 heavy (non-hydrogen) atoms. The van der Waals surface area contributed by atoms with Crippen LogP contribution in [0.1, 0.15) is 15.2 Å². The molecule has 2 fully saturated rings. The molecule has 0 radical (unpaired) electrons. The van der Waals surface area contributed by atoms with Crippen molar-refractivity contribution in [2.24, 2.45) is 11.8 Å². The number of halogens is 1. The number of ketones is 1. The number of imide groups is 1. The first kappa shape index (κ1) is 15.8. The number of nitrogens with zero attached hydrogens (tertiary/aromatic N) is 1. The van der Waals surface area contributed by atoms with E-state index in [2.05, 4.69) is 5.32 Å². The maximum absolute atomic E-state index is 13.3. The van der Waals surface area contributed by atoms with Crippen LogP contribution in [-0.2, 0) is 9.59 Å². The SMILES string of the molecule is O=C1NC(=O)[C@H]2[C@@H]1[C@H](C(=O)c1cccs1)N1c3ccc(Cl)cc3C=C[C@H]21. The van der Waals surface area contributed by atoms with Gasteiger partial charge >= 0.3 is 0 Å². The number of benzene rings is 1. The molecule has 1 N–H and O–H groups in total. The Labute approximate surface area is 158 Å². The second kappa shape index (κ2) is 5.53. The smallest absolute Gasteiger partial charge is 0.233 e. The van der Waals surface area contributed by atoms with Gasteiger partial charge in [-0.15, -0.1) is 11.3 Å². The monoisotopic (exact) mass is 384 g/mol. The molecule has 2 aromatic rings. The lowest BCUT2D eigenvalue weighted by Gasteiger charge is -2.35. The molecule has 0 aliphatic carbocycles. The normalized spacial score (nSPS) is 28.6. The van der Waals surface area contributed by atoms with Gasteiger partial charge in [0.15, 0.2) is 5.78 Å². The van der Waals surface area contributed by atoms with Gasteiger partial charge in [-0.05, 0) is 35.2 Å². The van der Waals surface area contributed by atoms with Crippen molar-refractivity contribution in [2.75, 3.05) is 4.90 Å². The number of amides is 2. The van der Waals surface area contributed by atoms with Crippen LogP contribution in [-0.4, -0.2) is 29.7 Å². The zero-order valence-corrected chi connectivity index (χ0v) is 15.0. The largest absolute Gasteiger partial charge is 0.352 e. The maximum Gasteiger partial charge on any atom is 0.233 e. The van der Waals surface area contributed by atoms with Gasteiger partial charge in [-0.3, -0.25) is 19.7 Å². The number of hydrogen-bond donors (Lipinski definition) is 1. The standard InChI is InChI=1S/C19H13ClN2O3S/c20-10-4-6-11-9(8-10)3-5-12-14-15(19(25)21-18(14)24)16(22(11)12)17(23)13-2-1-7-26-13/h1-8,12,14-16H,(H,21,24,25)/t12-,14-,15-,16-/m1/s1. The van der Waals surface area contributed by atoms with Gasteiger partial charge in [-0.25, -0.2) is 0 Å². The van der Waals surface area contributed by atoms with Gasteiger partial charge in [0.25, 0.3) is 0 Å². The maximum atomic E-state index is 13.3.